The van der Waals surface area contributed by atoms with Crippen molar-refractivity contribution >= 4 is 29.2 Å². The van der Waals surface area contributed by atoms with E-state index in [1.54, 1.807) is 6.92 Å². The monoisotopic (exact) mass is 326 g/mol. The summed E-state index contributed by atoms with van der Waals surface area (Å²) in [6, 6.07) is 3.46. The van der Waals surface area contributed by atoms with Gasteiger partial charge in [0, 0.05) is 6.54 Å². The van der Waals surface area contributed by atoms with Crippen LogP contribution in [0.1, 0.15) is 30.1 Å². The lowest BCUT2D eigenvalue weighted by atomic mass is 10.1. The Morgan fingerprint density at radius 3 is 2.86 bits per heavy atom. The Bertz CT molecular complexity index is 619. The number of rotatable bonds is 4. The van der Waals surface area contributed by atoms with Crippen LogP contribution in [-0.2, 0) is 9.53 Å². The quantitative estimate of drug-likeness (QED) is 0.481. The van der Waals surface area contributed by atoms with Crippen molar-refractivity contribution in [2.24, 2.45) is 0 Å². The van der Waals surface area contributed by atoms with Crippen LogP contribution in [0.3, 0.4) is 0 Å². The second-order valence-corrected chi connectivity index (χ2v) is 5.21. The molecule has 2 rings (SSSR count). The third kappa shape index (κ3) is 3.04. The smallest absolute Gasteiger partial charge is 0.328 e. The molecule has 0 aromatic heterocycles. The molecule has 0 spiro atoms. The number of benzene rings is 1. The highest BCUT2D eigenvalue weighted by molar-refractivity contribution is 6.33. The third-order valence-electron chi connectivity index (χ3n) is 3.47. The lowest BCUT2D eigenvalue weighted by Gasteiger charge is -2.23. The van der Waals surface area contributed by atoms with Crippen molar-refractivity contribution in [1.82, 2.24) is 4.90 Å². The van der Waals surface area contributed by atoms with E-state index < -0.39 is 28.5 Å². The molecular formula is C14H15ClN2O5. The first-order chi connectivity index (χ1) is 10.5. The molecule has 1 fully saturated rings. The number of hydrogen-bond acceptors (Lipinski definition) is 5. The molecule has 7 nitrogen and oxygen atoms in total. The highest BCUT2D eigenvalue weighted by Crippen LogP contribution is 2.31. The molecule has 1 aliphatic heterocycles. The number of para-hydroxylation sites is 1. The van der Waals surface area contributed by atoms with Gasteiger partial charge in [0.1, 0.15) is 16.6 Å². The van der Waals surface area contributed by atoms with Crippen molar-refractivity contribution in [3.05, 3.63) is 38.9 Å². The third-order valence-corrected chi connectivity index (χ3v) is 3.78. The van der Waals surface area contributed by atoms with Gasteiger partial charge in [-0.3, -0.25) is 14.9 Å². The molecule has 1 heterocycles. The molecule has 1 amide bonds. The van der Waals surface area contributed by atoms with E-state index in [1.807, 2.05) is 0 Å². The van der Waals surface area contributed by atoms with Crippen LogP contribution in [0.25, 0.3) is 0 Å². The van der Waals surface area contributed by atoms with Gasteiger partial charge in [0.15, 0.2) is 0 Å². The number of nitro benzene ring substituents is 1. The van der Waals surface area contributed by atoms with Crippen LogP contribution in [0.5, 0.6) is 0 Å². The van der Waals surface area contributed by atoms with Crippen LogP contribution in [0.2, 0.25) is 5.02 Å². The number of esters is 1. The average molecular weight is 327 g/mol. The fraction of sp³-hybridized carbons (Fsp3) is 0.429. The number of hydrogen-bond donors (Lipinski definition) is 0. The predicted octanol–water partition coefficient (Wildman–Crippen LogP) is 2.42. The van der Waals surface area contributed by atoms with E-state index in [0.29, 0.717) is 19.4 Å². The van der Waals surface area contributed by atoms with Gasteiger partial charge in [-0.25, -0.2) is 4.79 Å². The number of carbonyl (C=O) groups excluding carboxylic acids is 2. The normalized spacial score (nSPS) is 17.4. The molecule has 1 aromatic carbocycles. The number of nitro groups is 1. The number of ether oxygens (including phenoxy) is 1. The van der Waals surface area contributed by atoms with E-state index in [4.69, 9.17) is 16.3 Å². The molecule has 0 bridgehead atoms. The summed E-state index contributed by atoms with van der Waals surface area (Å²) in [4.78, 5) is 36.3. The molecule has 1 aliphatic rings. The summed E-state index contributed by atoms with van der Waals surface area (Å²) in [5.41, 5.74) is -0.558. The minimum Gasteiger partial charge on any atom is -0.464 e. The van der Waals surface area contributed by atoms with Crippen LogP contribution < -0.4 is 0 Å². The average Bonchev–Trinajstić information content (AvgIpc) is 2.95. The molecule has 118 valence electrons. The topological polar surface area (TPSA) is 89.8 Å². The van der Waals surface area contributed by atoms with Gasteiger partial charge in [0.05, 0.1) is 11.5 Å². The molecular weight excluding hydrogens is 312 g/mol. The van der Waals surface area contributed by atoms with Gasteiger partial charge in [-0.1, -0.05) is 17.7 Å². The Kier molecular flexibility index (Phi) is 4.97. The molecule has 1 saturated heterocycles. The minimum atomic E-state index is -0.703. The first kappa shape index (κ1) is 16.2. The van der Waals surface area contributed by atoms with E-state index >= 15 is 0 Å². The molecule has 0 N–H and O–H groups in total. The van der Waals surface area contributed by atoms with Crippen LogP contribution in [0, 0.1) is 10.1 Å². The second-order valence-electron chi connectivity index (χ2n) is 4.80. The van der Waals surface area contributed by atoms with Gasteiger partial charge in [-0.2, -0.15) is 0 Å². The lowest BCUT2D eigenvalue weighted by molar-refractivity contribution is -0.385. The van der Waals surface area contributed by atoms with E-state index in [0.717, 1.165) is 0 Å². The largest absolute Gasteiger partial charge is 0.464 e. The summed E-state index contributed by atoms with van der Waals surface area (Å²) in [5, 5.41) is 11.0. The van der Waals surface area contributed by atoms with E-state index in [-0.39, 0.29) is 17.2 Å². The second kappa shape index (κ2) is 6.74. The molecule has 1 aromatic rings. The maximum Gasteiger partial charge on any atom is 0.328 e. The molecule has 8 heteroatoms. The van der Waals surface area contributed by atoms with Crippen molar-refractivity contribution in [2.45, 2.75) is 25.8 Å². The van der Waals surface area contributed by atoms with Crippen LogP contribution >= 0.6 is 11.6 Å². The number of amides is 1. The van der Waals surface area contributed by atoms with Crippen molar-refractivity contribution in [3.63, 3.8) is 0 Å². The summed E-state index contributed by atoms with van der Waals surface area (Å²) in [5.74, 6) is -1.07. The van der Waals surface area contributed by atoms with Crippen molar-refractivity contribution < 1.29 is 19.2 Å². The highest BCUT2D eigenvalue weighted by Gasteiger charge is 2.38. The summed E-state index contributed by atoms with van der Waals surface area (Å²) in [6.45, 7) is 2.25. The fourth-order valence-corrected chi connectivity index (χ4v) is 2.77. The van der Waals surface area contributed by atoms with Crippen molar-refractivity contribution in [3.8, 4) is 0 Å². The lowest BCUT2D eigenvalue weighted by Crippen LogP contribution is -2.41. The van der Waals surface area contributed by atoms with Crippen molar-refractivity contribution in [2.75, 3.05) is 13.2 Å². The molecule has 22 heavy (non-hydrogen) atoms. The van der Waals surface area contributed by atoms with E-state index in [9.17, 15) is 19.7 Å². The molecule has 0 aliphatic carbocycles. The Hall–Kier alpha value is -2.15. The highest BCUT2D eigenvalue weighted by atomic mass is 35.5. The SMILES string of the molecule is CCOC(=O)[C@@H]1CCCN1C(=O)c1cccc(Cl)c1[N+](=O)[O-]. The standard InChI is InChI=1S/C14H15ClN2O5/c1-2-22-14(19)11-7-4-8-16(11)13(18)9-5-3-6-10(15)12(9)17(20)21/h3,5-6,11H,2,4,7-8H2,1H3/t11-/m0/s1. The molecule has 0 unspecified atom stereocenters. The maximum atomic E-state index is 12.6. The first-order valence-electron chi connectivity index (χ1n) is 6.87. The van der Waals surface area contributed by atoms with Crippen molar-refractivity contribution in [1.29, 1.82) is 0 Å². The molecule has 0 radical (unpaired) electrons. The fourth-order valence-electron chi connectivity index (χ4n) is 2.52. The van der Waals surface area contributed by atoms with Crippen LogP contribution in [0.15, 0.2) is 18.2 Å². The number of likely N-dealkylation sites (tertiary alicyclic amines) is 1. The van der Waals surface area contributed by atoms with Gasteiger partial charge in [0.25, 0.3) is 5.91 Å². The Labute approximate surface area is 131 Å². The van der Waals surface area contributed by atoms with Gasteiger partial charge in [-0.15, -0.1) is 0 Å². The zero-order chi connectivity index (χ0) is 16.3. The summed E-state index contributed by atoms with van der Waals surface area (Å²) < 4.78 is 4.95. The number of halogens is 1. The van der Waals surface area contributed by atoms with Gasteiger partial charge in [-0.05, 0) is 31.9 Å². The van der Waals surface area contributed by atoms with Crippen LogP contribution in [0.4, 0.5) is 5.69 Å². The minimum absolute atomic E-state index is 0.109. The van der Waals surface area contributed by atoms with E-state index in [2.05, 4.69) is 0 Å². The zero-order valence-electron chi connectivity index (χ0n) is 12.0. The van der Waals surface area contributed by atoms with Gasteiger partial charge < -0.3 is 9.64 Å². The van der Waals surface area contributed by atoms with Gasteiger partial charge in [0.2, 0.25) is 0 Å². The Morgan fingerprint density at radius 2 is 2.23 bits per heavy atom. The first-order valence-corrected chi connectivity index (χ1v) is 7.25. The predicted molar refractivity (Wildman–Crippen MR) is 78.8 cm³/mol. The Balaban J connectivity index is 2.34. The molecule has 1 atom stereocenters. The summed E-state index contributed by atoms with van der Waals surface area (Å²) in [7, 11) is 0. The zero-order valence-corrected chi connectivity index (χ0v) is 12.7. The van der Waals surface area contributed by atoms with E-state index in [1.165, 1.54) is 23.1 Å². The number of nitrogens with zero attached hydrogens (tertiary/aromatic N) is 2. The number of carbonyl (C=O) groups is 2. The van der Waals surface area contributed by atoms with Gasteiger partial charge >= 0.3 is 11.7 Å². The summed E-state index contributed by atoms with van der Waals surface area (Å²) >= 11 is 5.82. The maximum absolute atomic E-state index is 12.6. The molecule has 0 saturated carbocycles. The van der Waals surface area contributed by atoms with Crippen LogP contribution in [-0.4, -0.2) is 40.9 Å². The summed E-state index contributed by atoms with van der Waals surface area (Å²) in [6.07, 6.45) is 1.13. The Morgan fingerprint density at radius 1 is 1.50 bits per heavy atom.